The quantitative estimate of drug-likeness (QED) is 0.612. The van der Waals surface area contributed by atoms with Crippen LogP contribution < -0.4 is 5.11 Å². The molecule has 0 saturated carbocycles. The van der Waals surface area contributed by atoms with Gasteiger partial charge in [0.1, 0.15) is 17.5 Å². The van der Waals surface area contributed by atoms with Gasteiger partial charge in [0.25, 0.3) is 0 Å². The van der Waals surface area contributed by atoms with Crippen LogP contribution in [0, 0.1) is 13.8 Å². The number of carbonyl (C=O) groups excluding carboxylic acids is 1. The number of carboxylic acid groups (broad SMARTS) is 1. The molecule has 18 heavy (non-hydrogen) atoms. The first kappa shape index (κ1) is 12.6. The zero-order valence-corrected chi connectivity index (χ0v) is 10.8. The van der Waals surface area contributed by atoms with Gasteiger partial charge in [-0.2, -0.15) is 0 Å². The molecule has 0 bridgehead atoms. The zero-order valence-electron chi connectivity index (χ0n) is 9.97. The summed E-state index contributed by atoms with van der Waals surface area (Å²) in [6.45, 7) is 3.81. The van der Waals surface area contributed by atoms with E-state index in [1.807, 2.05) is 19.9 Å². The average molecular weight is 263 g/mol. The van der Waals surface area contributed by atoms with Gasteiger partial charge in [0, 0.05) is 11.4 Å². The van der Waals surface area contributed by atoms with Gasteiger partial charge in [0.05, 0.1) is 5.75 Å². The number of nitrogens with zero attached hydrogens (tertiary/aromatic N) is 2. The predicted molar refractivity (Wildman–Crippen MR) is 64.1 cm³/mol. The minimum atomic E-state index is -1.31. The third-order valence-electron chi connectivity index (χ3n) is 2.17. The largest absolute Gasteiger partial charge is 0.542 e. The second kappa shape index (κ2) is 5.22. The van der Waals surface area contributed by atoms with E-state index < -0.39 is 5.97 Å². The number of aromatic carboxylic acids is 1. The number of furan rings is 1. The SMILES string of the molecule is Cc1cc(C)nc(SCc2ccc(C(=O)[O-])o2)n1. The van der Waals surface area contributed by atoms with E-state index in [-0.39, 0.29) is 5.76 Å². The molecule has 0 unspecified atom stereocenters. The molecule has 0 spiro atoms. The van der Waals surface area contributed by atoms with Crippen LogP contribution in [0.5, 0.6) is 0 Å². The zero-order chi connectivity index (χ0) is 13.1. The molecule has 94 valence electrons. The number of aryl methyl sites for hydroxylation is 2. The lowest BCUT2D eigenvalue weighted by atomic mass is 10.4. The molecule has 0 fully saturated rings. The van der Waals surface area contributed by atoms with E-state index >= 15 is 0 Å². The third kappa shape index (κ3) is 3.10. The van der Waals surface area contributed by atoms with Crippen molar-refractivity contribution in [3.8, 4) is 0 Å². The number of hydrogen-bond donors (Lipinski definition) is 0. The van der Waals surface area contributed by atoms with Gasteiger partial charge in [-0.1, -0.05) is 11.8 Å². The summed E-state index contributed by atoms with van der Waals surface area (Å²) in [5.74, 6) is -0.432. The molecule has 0 N–H and O–H groups in total. The maximum absolute atomic E-state index is 10.5. The summed E-state index contributed by atoms with van der Waals surface area (Å²) in [6.07, 6.45) is 0. The van der Waals surface area contributed by atoms with Crippen LogP contribution in [0.25, 0.3) is 0 Å². The molecule has 2 heterocycles. The predicted octanol–water partition coefficient (Wildman–Crippen LogP) is 1.34. The Morgan fingerprint density at radius 1 is 1.33 bits per heavy atom. The van der Waals surface area contributed by atoms with E-state index in [1.54, 1.807) is 6.07 Å². The molecule has 0 radical (unpaired) electrons. The van der Waals surface area contributed by atoms with E-state index in [1.165, 1.54) is 17.8 Å². The Morgan fingerprint density at radius 3 is 2.56 bits per heavy atom. The van der Waals surface area contributed by atoms with Crippen molar-refractivity contribution in [2.45, 2.75) is 24.8 Å². The van der Waals surface area contributed by atoms with Crippen LogP contribution in [0.1, 0.15) is 27.7 Å². The highest BCUT2D eigenvalue weighted by Crippen LogP contribution is 2.21. The van der Waals surface area contributed by atoms with Gasteiger partial charge in [0.15, 0.2) is 5.16 Å². The third-order valence-corrected chi connectivity index (χ3v) is 3.04. The van der Waals surface area contributed by atoms with Gasteiger partial charge in [-0.15, -0.1) is 0 Å². The number of carbonyl (C=O) groups is 1. The second-order valence-corrected chi connectivity index (χ2v) is 4.72. The van der Waals surface area contributed by atoms with Crippen LogP contribution in [0.3, 0.4) is 0 Å². The fourth-order valence-electron chi connectivity index (χ4n) is 1.46. The summed E-state index contributed by atoms with van der Waals surface area (Å²) in [7, 11) is 0. The molecule has 0 saturated heterocycles. The molecular formula is C12H11N2O3S-. The molecule has 5 nitrogen and oxygen atoms in total. The summed E-state index contributed by atoms with van der Waals surface area (Å²) in [5.41, 5.74) is 1.81. The highest BCUT2D eigenvalue weighted by Gasteiger charge is 2.06. The monoisotopic (exact) mass is 263 g/mol. The summed E-state index contributed by atoms with van der Waals surface area (Å²) < 4.78 is 5.09. The smallest absolute Gasteiger partial charge is 0.188 e. The summed E-state index contributed by atoms with van der Waals surface area (Å²) in [4.78, 5) is 19.1. The van der Waals surface area contributed by atoms with Gasteiger partial charge >= 0.3 is 0 Å². The molecule has 2 rings (SSSR count). The molecule has 2 aromatic rings. The highest BCUT2D eigenvalue weighted by atomic mass is 32.2. The lowest BCUT2D eigenvalue weighted by Crippen LogP contribution is -2.21. The molecule has 0 aliphatic carbocycles. The van der Waals surface area contributed by atoms with Crippen LogP contribution in [-0.2, 0) is 5.75 Å². The molecule has 0 aromatic carbocycles. The van der Waals surface area contributed by atoms with Gasteiger partial charge in [0.2, 0.25) is 0 Å². The summed E-state index contributed by atoms with van der Waals surface area (Å²) in [5, 5.41) is 11.2. The second-order valence-electron chi connectivity index (χ2n) is 3.78. The first-order valence-electron chi connectivity index (χ1n) is 5.30. The Kier molecular flexibility index (Phi) is 3.66. The van der Waals surface area contributed by atoms with Crippen molar-refractivity contribution in [3.63, 3.8) is 0 Å². The molecular weight excluding hydrogens is 252 g/mol. The molecule has 0 aliphatic rings. The van der Waals surface area contributed by atoms with Crippen molar-refractivity contribution in [3.05, 3.63) is 41.1 Å². The number of carboxylic acids is 1. The van der Waals surface area contributed by atoms with Gasteiger partial charge in [-0.05, 0) is 32.0 Å². The summed E-state index contributed by atoms with van der Waals surface area (Å²) in [6, 6.07) is 4.89. The standard InChI is InChI=1S/C12H12N2O3S/c1-7-5-8(2)14-12(13-7)18-6-9-3-4-10(17-9)11(15)16/h3-5H,6H2,1-2H3,(H,15,16)/p-1. The normalized spacial score (nSPS) is 10.6. The van der Waals surface area contributed by atoms with Crippen LogP contribution >= 0.6 is 11.8 Å². The van der Waals surface area contributed by atoms with Crippen LogP contribution in [-0.4, -0.2) is 15.9 Å². The number of rotatable bonds is 4. The molecule has 0 atom stereocenters. The minimum Gasteiger partial charge on any atom is -0.542 e. The van der Waals surface area contributed by atoms with Gasteiger partial charge in [-0.25, -0.2) is 9.97 Å². The van der Waals surface area contributed by atoms with E-state index in [4.69, 9.17) is 4.42 Å². The minimum absolute atomic E-state index is 0.160. The molecule has 2 aromatic heterocycles. The Bertz CT molecular complexity index is 560. The number of aromatic nitrogens is 2. The maximum Gasteiger partial charge on any atom is 0.188 e. The van der Waals surface area contributed by atoms with E-state index in [9.17, 15) is 9.90 Å². The number of thioether (sulfide) groups is 1. The van der Waals surface area contributed by atoms with Crippen LogP contribution in [0.15, 0.2) is 27.8 Å². The lowest BCUT2D eigenvalue weighted by molar-refractivity contribution is -0.257. The summed E-state index contributed by atoms with van der Waals surface area (Å²) >= 11 is 1.40. The first-order chi connectivity index (χ1) is 8.54. The average Bonchev–Trinajstić information content (AvgIpc) is 2.73. The Balaban J connectivity index is 2.04. The highest BCUT2D eigenvalue weighted by molar-refractivity contribution is 7.98. The van der Waals surface area contributed by atoms with Gasteiger partial charge < -0.3 is 14.3 Å². The first-order valence-corrected chi connectivity index (χ1v) is 6.28. The maximum atomic E-state index is 10.5. The Hall–Kier alpha value is -1.82. The topological polar surface area (TPSA) is 79.0 Å². The molecule has 6 heteroatoms. The Morgan fingerprint density at radius 2 is 2.00 bits per heavy atom. The van der Waals surface area contributed by atoms with Crippen molar-refractivity contribution >= 4 is 17.7 Å². The van der Waals surface area contributed by atoms with E-state index in [0.717, 1.165) is 11.4 Å². The van der Waals surface area contributed by atoms with Gasteiger partial charge in [-0.3, -0.25) is 0 Å². The van der Waals surface area contributed by atoms with Crippen molar-refractivity contribution in [2.75, 3.05) is 0 Å². The number of hydrogen-bond acceptors (Lipinski definition) is 6. The fourth-order valence-corrected chi connectivity index (χ4v) is 2.30. The fraction of sp³-hybridized carbons (Fsp3) is 0.250. The van der Waals surface area contributed by atoms with E-state index in [0.29, 0.717) is 16.7 Å². The van der Waals surface area contributed by atoms with Crippen molar-refractivity contribution in [1.29, 1.82) is 0 Å². The molecule has 0 aliphatic heterocycles. The van der Waals surface area contributed by atoms with Crippen molar-refractivity contribution < 1.29 is 14.3 Å². The Labute approximate surface area is 108 Å². The van der Waals surface area contributed by atoms with Crippen LogP contribution in [0.4, 0.5) is 0 Å². The van der Waals surface area contributed by atoms with Crippen molar-refractivity contribution in [2.24, 2.45) is 0 Å². The molecule has 0 amide bonds. The lowest BCUT2D eigenvalue weighted by Gasteiger charge is -2.01. The van der Waals surface area contributed by atoms with Crippen molar-refractivity contribution in [1.82, 2.24) is 9.97 Å². The van der Waals surface area contributed by atoms with Crippen LogP contribution in [0.2, 0.25) is 0 Å². The van der Waals surface area contributed by atoms with E-state index in [2.05, 4.69) is 9.97 Å².